The maximum Gasteiger partial charge on any atom is 0.321 e. The van der Waals surface area contributed by atoms with Gasteiger partial charge in [0.25, 0.3) is 0 Å². The maximum absolute atomic E-state index is 10.4. The summed E-state index contributed by atoms with van der Waals surface area (Å²) in [6, 6.07) is 0. The molecule has 0 radical (unpaired) electrons. The number of hydrogen-bond donors (Lipinski definition) is 1. The van der Waals surface area contributed by atoms with E-state index in [1.165, 1.54) is 0 Å². The lowest BCUT2D eigenvalue weighted by Gasteiger charge is -1.95. The van der Waals surface area contributed by atoms with Crippen LogP contribution in [-0.4, -0.2) is 27.7 Å². The van der Waals surface area contributed by atoms with Gasteiger partial charge in [-0.05, 0) is 0 Å². The van der Waals surface area contributed by atoms with E-state index < -0.39 is 6.10 Å². The van der Waals surface area contributed by atoms with E-state index in [0.29, 0.717) is 0 Å². The van der Waals surface area contributed by atoms with Crippen LogP contribution in [0.5, 0.6) is 0 Å². The fourth-order valence-electron chi connectivity index (χ4n) is 0.489. The molecule has 0 aliphatic carbocycles. The van der Waals surface area contributed by atoms with E-state index in [4.69, 9.17) is 5.11 Å². The molecule has 0 unspecified atom stereocenters. The van der Waals surface area contributed by atoms with Crippen LogP contribution in [0.3, 0.4) is 0 Å². The van der Waals surface area contributed by atoms with Gasteiger partial charge in [-0.1, -0.05) is 22.6 Å². The molecule has 1 aliphatic rings. The molecular formula is C4H5IO3. The highest BCUT2D eigenvalue weighted by molar-refractivity contribution is 14.1. The maximum atomic E-state index is 10.4. The van der Waals surface area contributed by atoms with Crippen LogP contribution in [0.15, 0.2) is 0 Å². The van der Waals surface area contributed by atoms with Gasteiger partial charge in [-0.3, -0.25) is 4.79 Å². The quantitative estimate of drug-likeness (QED) is 0.352. The van der Waals surface area contributed by atoms with Crippen molar-refractivity contribution in [3.05, 3.63) is 0 Å². The van der Waals surface area contributed by atoms with Crippen LogP contribution < -0.4 is 0 Å². The van der Waals surface area contributed by atoms with Gasteiger partial charge in [-0.2, -0.15) is 0 Å². The highest BCUT2D eigenvalue weighted by atomic mass is 127. The van der Waals surface area contributed by atoms with Crippen LogP contribution in [0.2, 0.25) is 0 Å². The average molecular weight is 228 g/mol. The third-order valence-electron chi connectivity index (χ3n) is 0.959. The van der Waals surface area contributed by atoms with Crippen LogP contribution in [0.4, 0.5) is 0 Å². The molecule has 1 aliphatic heterocycles. The van der Waals surface area contributed by atoms with Crippen LogP contribution in [0.1, 0.15) is 0 Å². The summed E-state index contributed by atoms with van der Waals surface area (Å²) in [6.45, 7) is 0.159. The first-order valence-corrected chi connectivity index (χ1v) is 3.45. The standard InChI is InChI=1S/C4H5IO3/c5-3-2(6)1-8-4(3)7/h2-3,6H,1H2/t2-,3-/m1/s1. The van der Waals surface area contributed by atoms with Crippen LogP contribution in [0, 0.1) is 0 Å². The van der Waals surface area contributed by atoms with Crippen molar-refractivity contribution in [1.82, 2.24) is 0 Å². The molecule has 8 heavy (non-hydrogen) atoms. The summed E-state index contributed by atoms with van der Waals surface area (Å²) < 4.78 is 4.13. The summed E-state index contributed by atoms with van der Waals surface area (Å²) in [5, 5.41) is 8.81. The number of hydrogen-bond acceptors (Lipinski definition) is 3. The first-order chi connectivity index (χ1) is 3.72. The molecule has 4 heteroatoms. The average Bonchev–Trinajstić information content (AvgIpc) is 1.98. The first-order valence-electron chi connectivity index (χ1n) is 2.20. The largest absolute Gasteiger partial charge is 0.462 e. The van der Waals surface area contributed by atoms with Crippen molar-refractivity contribution in [2.75, 3.05) is 6.61 Å². The molecule has 0 saturated carbocycles. The molecular weight excluding hydrogens is 223 g/mol. The predicted molar refractivity (Wildman–Crippen MR) is 34.8 cm³/mol. The molecule has 1 heterocycles. The second-order valence-corrected chi connectivity index (χ2v) is 2.94. The fraction of sp³-hybridized carbons (Fsp3) is 0.750. The van der Waals surface area contributed by atoms with E-state index in [1.807, 2.05) is 22.6 Å². The topological polar surface area (TPSA) is 46.5 Å². The molecule has 1 N–H and O–H groups in total. The lowest BCUT2D eigenvalue weighted by molar-refractivity contribution is -0.137. The highest BCUT2D eigenvalue weighted by Crippen LogP contribution is 2.15. The van der Waals surface area contributed by atoms with Gasteiger partial charge in [0, 0.05) is 0 Å². The Balaban J connectivity index is 2.56. The van der Waals surface area contributed by atoms with E-state index in [0.717, 1.165) is 0 Å². The molecule has 1 fully saturated rings. The summed E-state index contributed by atoms with van der Waals surface area (Å²) in [4.78, 5) is 10.4. The van der Waals surface area contributed by atoms with Gasteiger partial charge in [0.2, 0.25) is 0 Å². The van der Waals surface area contributed by atoms with Gasteiger partial charge < -0.3 is 9.84 Å². The van der Waals surface area contributed by atoms with Crippen LogP contribution >= 0.6 is 22.6 Å². The molecule has 0 aromatic rings. The molecule has 0 aromatic heterocycles. The molecule has 46 valence electrons. The van der Waals surface area contributed by atoms with Gasteiger partial charge in [0.15, 0.2) is 0 Å². The second-order valence-electron chi connectivity index (χ2n) is 1.60. The third-order valence-corrected chi connectivity index (χ3v) is 2.30. The normalized spacial score (nSPS) is 37.5. The first kappa shape index (κ1) is 6.28. The number of carbonyl (C=O) groups is 1. The summed E-state index contributed by atoms with van der Waals surface area (Å²) >= 11 is 1.86. The fourth-order valence-corrected chi connectivity index (χ4v) is 0.876. The number of aliphatic hydroxyl groups excluding tert-OH is 1. The molecule has 0 aromatic carbocycles. The lowest BCUT2D eigenvalue weighted by atomic mass is 10.3. The smallest absolute Gasteiger partial charge is 0.321 e. The molecule has 0 bridgehead atoms. The minimum absolute atomic E-state index is 0.159. The lowest BCUT2D eigenvalue weighted by Crippen LogP contribution is -2.19. The second kappa shape index (κ2) is 2.18. The Bertz CT molecular complexity index is 114. The van der Waals surface area contributed by atoms with Crippen LogP contribution in [0.25, 0.3) is 0 Å². The summed E-state index contributed by atoms with van der Waals surface area (Å²) in [5.74, 6) is -0.307. The summed E-state index contributed by atoms with van der Waals surface area (Å²) in [6.07, 6.45) is -0.594. The molecule has 1 saturated heterocycles. The minimum Gasteiger partial charge on any atom is -0.462 e. The SMILES string of the molecule is O=C1OC[C@@H](O)[C@H]1I. The van der Waals surface area contributed by atoms with Gasteiger partial charge >= 0.3 is 5.97 Å². The van der Waals surface area contributed by atoms with Crippen molar-refractivity contribution in [1.29, 1.82) is 0 Å². The van der Waals surface area contributed by atoms with Crippen molar-refractivity contribution >= 4 is 28.6 Å². The molecule has 0 spiro atoms. The van der Waals surface area contributed by atoms with E-state index in [1.54, 1.807) is 0 Å². The zero-order chi connectivity index (χ0) is 6.15. The zero-order valence-electron chi connectivity index (χ0n) is 4.00. The monoisotopic (exact) mass is 228 g/mol. The highest BCUT2D eigenvalue weighted by Gasteiger charge is 2.32. The molecule has 1 rings (SSSR count). The Kier molecular flexibility index (Phi) is 1.71. The Labute approximate surface area is 60.2 Å². The Morgan fingerprint density at radius 2 is 2.50 bits per heavy atom. The number of esters is 1. The number of rotatable bonds is 0. The van der Waals surface area contributed by atoms with Crippen molar-refractivity contribution < 1.29 is 14.6 Å². The Morgan fingerprint density at radius 1 is 1.88 bits per heavy atom. The van der Waals surface area contributed by atoms with Crippen molar-refractivity contribution in [2.45, 2.75) is 10.0 Å². The van der Waals surface area contributed by atoms with Crippen molar-refractivity contribution in [2.24, 2.45) is 0 Å². The Morgan fingerprint density at radius 3 is 2.62 bits per heavy atom. The zero-order valence-corrected chi connectivity index (χ0v) is 6.16. The molecule has 0 amide bonds. The number of aliphatic hydroxyl groups is 1. The third kappa shape index (κ3) is 0.947. The predicted octanol–water partition coefficient (Wildman–Crippen LogP) is -0.292. The molecule has 2 atom stereocenters. The number of ether oxygens (including phenoxy) is 1. The Hall–Kier alpha value is 0.160. The van der Waals surface area contributed by atoms with E-state index in [-0.39, 0.29) is 16.5 Å². The number of cyclic esters (lactones) is 1. The minimum atomic E-state index is -0.594. The van der Waals surface area contributed by atoms with Gasteiger partial charge in [-0.15, -0.1) is 0 Å². The van der Waals surface area contributed by atoms with Crippen LogP contribution in [-0.2, 0) is 9.53 Å². The van der Waals surface area contributed by atoms with Crippen molar-refractivity contribution in [3.63, 3.8) is 0 Å². The number of carbonyl (C=O) groups excluding carboxylic acids is 1. The van der Waals surface area contributed by atoms with E-state index >= 15 is 0 Å². The van der Waals surface area contributed by atoms with Gasteiger partial charge in [0.05, 0.1) is 0 Å². The van der Waals surface area contributed by atoms with E-state index in [2.05, 4.69) is 4.74 Å². The molecule has 3 nitrogen and oxygen atoms in total. The summed E-state index contributed by atoms with van der Waals surface area (Å²) in [5.41, 5.74) is 0. The number of halogens is 1. The number of alkyl halides is 1. The summed E-state index contributed by atoms with van der Waals surface area (Å²) in [7, 11) is 0. The van der Waals surface area contributed by atoms with Gasteiger partial charge in [0.1, 0.15) is 16.6 Å². The van der Waals surface area contributed by atoms with Gasteiger partial charge in [-0.25, -0.2) is 0 Å². The van der Waals surface area contributed by atoms with Crippen molar-refractivity contribution in [3.8, 4) is 0 Å². The van der Waals surface area contributed by atoms with E-state index in [9.17, 15) is 4.79 Å².